The van der Waals surface area contributed by atoms with Crippen LogP contribution in [-0.2, 0) is 13.2 Å². The molecule has 0 spiro atoms. The van der Waals surface area contributed by atoms with Gasteiger partial charge in [0, 0.05) is 6.54 Å². The Bertz CT molecular complexity index is 588. The van der Waals surface area contributed by atoms with Gasteiger partial charge in [-0.2, -0.15) is 0 Å². The van der Waals surface area contributed by atoms with Gasteiger partial charge in [-0.1, -0.05) is 55.8 Å². The lowest BCUT2D eigenvalue weighted by molar-refractivity contribution is 0.298. The molecule has 136 valence electrons. The Morgan fingerprint density at radius 1 is 0.880 bits per heavy atom. The van der Waals surface area contributed by atoms with Crippen LogP contribution in [0, 0.1) is 6.92 Å². The fraction of sp³-hybridized carbons (Fsp3) is 0.455. The van der Waals surface area contributed by atoms with E-state index >= 15 is 0 Å². The molecule has 0 unspecified atom stereocenters. The van der Waals surface area contributed by atoms with Crippen molar-refractivity contribution in [1.82, 2.24) is 10.2 Å². The Hall–Kier alpha value is -1.84. The summed E-state index contributed by atoms with van der Waals surface area (Å²) in [7, 11) is 0. The minimum Gasteiger partial charge on any atom is -0.489 e. The minimum atomic E-state index is 0.614. The average Bonchev–Trinajstić information content (AvgIpc) is 2.65. The van der Waals surface area contributed by atoms with Crippen LogP contribution in [0.2, 0.25) is 0 Å². The van der Waals surface area contributed by atoms with E-state index in [1.54, 1.807) is 0 Å². The van der Waals surface area contributed by atoms with Crippen molar-refractivity contribution < 1.29 is 4.74 Å². The molecule has 0 aromatic heterocycles. The van der Waals surface area contributed by atoms with Crippen LogP contribution in [0.3, 0.4) is 0 Å². The van der Waals surface area contributed by atoms with Gasteiger partial charge in [0.15, 0.2) is 0 Å². The number of hydrogen-bond donors (Lipinski definition) is 1. The third-order valence-electron chi connectivity index (χ3n) is 4.50. The maximum Gasteiger partial charge on any atom is 0.119 e. The number of ether oxygens (including phenoxy) is 1. The second-order valence-corrected chi connectivity index (χ2v) is 6.48. The summed E-state index contributed by atoms with van der Waals surface area (Å²) in [5, 5.41) is 3.52. The van der Waals surface area contributed by atoms with Crippen molar-refractivity contribution in [2.75, 3.05) is 26.2 Å². The highest BCUT2D eigenvalue weighted by Crippen LogP contribution is 2.14. The first-order chi connectivity index (χ1) is 12.2. The first-order valence-electron chi connectivity index (χ1n) is 9.41. The van der Waals surface area contributed by atoms with E-state index in [1.807, 2.05) is 0 Å². The summed E-state index contributed by atoms with van der Waals surface area (Å²) in [5.74, 6) is 0.922. The summed E-state index contributed by atoms with van der Waals surface area (Å²) in [6, 6.07) is 16.9. The summed E-state index contributed by atoms with van der Waals surface area (Å²) in [4.78, 5) is 2.46. The van der Waals surface area contributed by atoms with Gasteiger partial charge in [0.1, 0.15) is 12.4 Å². The van der Waals surface area contributed by atoms with Gasteiger partial charge in [-0.25, -0.2) is 0 Å². The van der Waals surface area contributed by atoms with Crippen molar-refractivity contribution in [1.29, 1.82) is 0 Å². The number of nitrogens with zero attached hydrogens (tertiary/aromatic N) is 1. The summed E-state index contributed by atoms with van der Waals surface area (Å²) in [6.07, 6.45) is 1.19. The predicted molar refractivity (Wildman–Crippen MR) is 106 cm³/mol. The number of rotatable bonds is 11. The van der Waals surface area contributed by atoms with Crippen LogP contribution < -0.4 is 10.1 Å². The van der Waals surface area contributed by atoms with E-state index in [0.717, 1.165) is 31.9 Å². The molecule has 3 heteroatoms. The Morgan fingerprint density at radius 2 is 1.52 bits per heavy atom. The molecule has 0 radical (unpaired) electrons. The van der Waals surface area contributed by atoms with Crippen LogP contribution in [-0.4, -0.2) is 31.1 Å². The first-order valence-corrected chi connectivity index (χ1v) is 9.41. The molecule has 0 heterocycles. The van der Waals surface area contributed by atoms with Gasteiger partial charge < -0.3 is 15.0 Å². The molecule has 3 nitrogen and oxygen atoms in total. The van der Waals surface area contributed by atoms with Crippen LogP contribution >= 0.6 is 0 Å². The monoisotopic (exact) mass is 340 g/mol. The molecule has 1 N–H and O–H groups in total. The van der Waals surface area contributed by atoms with E-state index in [0.29, 0.717) is 6.61 Å². The normalized spacial score (nSPS) is 11.0. The van der Waals surface area contributed by atoms with E-state index in [2.05, 4.69) is 79.5 Å². The highest BCUT2D eigenvalue weighted by molar-refractivity contribution is 5.28. The summed E-state index contributed by atoms with van der Waals surface area (Å²) in [6.45, 7) is 12.6. The second kappa shape index (κ2) is 10.9. The number of nitrogens with one attached hydrogen (secondary N) is 1. The van der Waals surface area contributed by atoms with Gasteiger partial charge >= 0.3 is 0 Å². The smallest absolute Gasteiger partial charge is 0.119 e. The predicted octanol–water partition coefficient (Wildman–Crippen LogP) is 4.40. The van der Waals surface area contributed by atoms with Gasteiger partial charge in [0.2, 0.25) is 0 Å². The van der Waals surface area contributed by atoms with Crippen molar-refractivity contribution in [3.05, 3.63) is 65.2 Å². The van der Waals surface area contributed by atoms with Gasteiger partial charge in [-0.05, 0) is 62.8 Å². The van der Waals surface area contributed by atoms with Crippen LogP contribution in [0.25, 0.3) is 0 Å². The van der Waals surface area contributed by atoms with Gasteiger partial charge in [-0.15, -0.1) is 0 Å². The Kier molecular flexibility index (Phi) is 8.50. The van der Waals surface area contributed by atoms with Crippen LogP contribution in [0.5, 0.6) is 5.75 Å². The topological polar surface area (TPSA) is 24.5 Å². The van der Waals surface area contributed by atoms with Crippen molar-refractivity contribution in [2.45, 2.75) is 40.3 Å². The summed E-state index contributed by atoms with van der Waals surface area (Å²) < 4.78 is 5.86. The van der Waals surface area contributed by atoms with Crippen molar-refractivity contribution in [2.24, 2.45) is 0 Å². The highest BCUT2D eigenvalue weighted by atomic mass is 16.5. The number of aryl methyl sites for hydroxylation is 1. The van der Waals surface area contributed by atoms with Crippen molar-refractivity contribution in [3.8, 4) is 5.75 Å². The third-order valence-corrected chi connectivity index (χ3v) is 4.50. The third kappa shape index (κ3) is 7.29. The van der Waals surface area contributed by atoms with Crippen LogP contribution in [0.1, 0.15) is 37.0 Å². The van der Waals surface area contributed by atoms with E-state index < -0.39 is 0 Å². The fourth-order valence-electron chi connectivity index (χ4n) is 2.75. The molecule has 0 saturated heterocycles. The lowest BCUT2D eigenvalue weighted by Gasteiger charge is -2.17. The highest BCUT2D eigenvalue weighted by Gasteiger charge is 2.00. The zero-order valence-electron chi connectivity index (χ0n) is 15.9. The lowest BCUT2D eigenvalue weighted by Crippen LogP contribution is -2.27. The molecule has 0 aliphatic rings. The maximum atomic E-state index is 5.86. The summed E-state index contributed by atoms with van der Waals surface area (Å²) in [5.41, 5.74) is 3.77. The minimum absolute atomic E-state index is 0.614. The molecule has 2 aromatic carbocycles. The molecule has 25 heavy (non-hydrogen) atoms. The largest absolute Gasteiger partial charge is 0.489 e. The Labute approximate surface area is 153 Å². The van der Waals surface area contributed by atoms with Crippen molar-refractivity contribution >= 4 is 0 Å². The molecule has 2 rings (SSSR count). The van der Waals surface area contributed by atoms with Crippen LogP contribution in [0.4, 0.5) is 0 Å². The molecular formula is C22H32N2O. The Balaban J connectivity index is 1.66. The Morgan fingerprint density at radius 3 is 2.16 bits per heavy atom. The summed E-state index contributed by atoms with van der Waals surface area (Å²) >= 11 is 0. The SMILES string of the molecule is CCN(CC)CCCNCc1ccc(OCc2ccc(C)cc2)cc1. The lowest BCUT2D eigenvalue weighted by atomic mass is 10.2. The zero-order valence-corrected chi connectivity index (χ0v) is 15.9. The second-order valence-electron chi connectivity index (χ2n) is 6.48. The fourth-order valence-corrected chi connectivity index (χ4v) is 2.75. The van der Waals surface area contributed by atoms with Gasteiger partial charge in [0.05, 0.1) is 0 Å². The molecule has 0 aliphatic carbocycles. The zero-order chi connectivity index (χ0) is 17.9. The van der Waals surface area contributed by atoms with Gasteiger partial charge in [0.25, 0.3) is 0 Å². The quantitative estimate of drug-likeness (QED) is 0.614. The van der Waals surface area contributed by atoms with E-state index in [1.165, 1.54) is 29.7 Å². The molecule has 0 bridgehead atoms. The molecule has 0 amide bonds. The molecular weight excluding hydrogens is 308 g/mol. The average molecular weight is 341 g/mol. The van der Waals surface area contributed by atoms with E-state index in [-0.39, 0.29) is 0 Å². The van der Waals surface area contributed by atoms with Crippen LogP contribution in [0.15, 0.2) is 48.5 Å². The molecule has 0 aliphatic heterocycles. The molecule has 0 atom stereocenters. The van der Waals surface area contributed by atoms with Gasteiger partial charge in [-0.3, -0.25) is 0 Å². The van der Waals surface area contributed by atoms with Crippen molar-refractivity contribution in [3.63, 3.8) is 0 Å². The van der Waals surface area contributed by atoms with E-state index in [9.17, 15) is 0 Å². The molecule has 0 saturated carbocycles. The van der Waals surface area contributed by atoms with E-state index in [4.69, 9.17) is 4.74 Å². The molecule has 2 aromatic rings. The number of benzene rings is 2. The molecule has 0 fully saturated rings. The maximum absolute atomic E-state index is 5.86. The standard InChI is InChI=1S/C22H32N2O/c1-4-24(5-2)16-6-15-23-17-20-11-13-22(14-12-20)25-18-21-9-7-19(3)8-10-21/h7-14,23H,4-6,15-18H2,1-3H3. The first kappa shape index (κ1) is 19.5. The number of hydrogen-bond acceptors (Lipinski definition) is 3.